The van der Waals surface area contributed by atoms with E-state index in [1.807, 2.05) is 59.0 Å². The normalized spacial score (nSPS) is 12.8. The molecule has 4 aromatic rings. The van der Waals surface area contributed by atoms with E-state index in [4.69, 9.17) is 4.98 Å². The van der Waals surface area contributed by atoms with Gasteiger partial charge in [-0.2, -0.15) is 10.2 Å². The van der Waals surface area contributed by atoms with Gasteiger partial charge in [-0.05, 0) is 32.4 Å². The summed E-state index contributed by atoms with van der Waals surface area (Å²) in [5.74, 6) is 0.824. The molecule has 1 atom stereocenters. The second-order valence-corrected chi connectivity index (χ2v) is 6.08. The molecule has 0 aliphatic carbocycles. The summed E-state index contributed by atoms with van der Waals surface area (Å²) in [4.78, 5) is 8.17. The lowest BCUT2D eigenvalue weighted by Crippen LogP contribution is -2.06. The second kappa shape index (κ2) is 5.63. The first-order valence-corrected chi connectivity index (χ1v) is 8.22. The molecular weight excluding hydrogens is 300 g/mol. The molecule has 6 heteroatoms. The van der Waals surface area contributed by atoms with Crippen molar-refractivity contribution < 1.29 is 0 Å². The molecule has 0 fully saturated rings. The van der Waals surface area contributed by atoms with Crippen LogP contribution in [-0.4, -0.2) is 29.5 Å². The number of rotatable bonds is 4. The van der Waals surface area contributed by atoms with Gasteiger partial charge in [-0.3, -0.25) is 0 Å². The van der Waals surface area contributed by atoms with Crippen LogP contribution < -0.4 is 0 Å². The van der Waals surface area contributed by atoms with Crippen LogP contribution in [0.2, 0.25) is 0 Å². The van der Waals surface area contributed by atoms with Crippen molar-refractivity contribution in [2.75, 3.05) is 0 Å². The zero-order valence-corrected chi connectivity index (χ0v) is 14.1. The number of nitrogens with one attached hydrogen (secondary N) is 1. The number of hydrogen-bond donors (Lipinski definition) is 1. The zero-order chi connectivity index (χ0) is 16.7. The van der Waals surface area contributed by atoms with E-state index in [0.717, 1.165) is 40.4 Å². The van der Waals surface area contributed by atoms with Crippen LogP contribution in [0.1, 0.15) is 32.0 Å². The van der Waals surface area contributed by atoms with E-state index in [1.54, 1.807) is 0 Å². The second-order valence-electron chi connectivity index (χ2n) is 6.08. The monoisotopic (exact) mass is 320 g/mol. The number of para-hydroxylation sites is 1. The summed E-state index contributed by atoms with van der Waals surface area (Å²) in [6.07, 6.45) is 4.84. The molecule has 0 bridgehead atoms. The maximum absolute atomic E-state index is 4.77. The zero-order valence-electron chi connectivity index (χ0n) is 14.1. The van der Waals surface area contributed by atoms with Gasteiger partial charge in [0.05, 0.1) is 29.2 Å². The Morgan fingerprint density at radius 2 is 2.00 bits per heavy atom. The lowest BCUT2D eigenvalue weighted by Gasteiger charge is -2.08. The fourth-order valence-corrected chi connectivity index (χ4v) is 2.83. The van der Waals surface area contributed by atoms with Gasteiger partial charge in [-0.1, -0.05) is 25.1 Å². The van der Waals surface area contributed by atoms with Gasteiger partial charge in [-0.15, -0.1) is 0 Å². The van der Waals surface area contributed by atoms with Crippen LogP contribution in [-0.2, 0) is 0 Å². The lowest BCUT2D eigenvalue weighted by atomic mass is 10.3. The number of hydrogen-bond acceptors (Lipinski definition) is 3. The molecule has 0 saturated heterocycles. The van der Waals surface area contributed by atoms with Gasteiger partial charge in [0.2, 0.25) is 0 Å². The Morgan fingerprint density at radius 1 is 1.21 bits per heavy atom. The number of imidazole rings is 1. The van der Waals surface area contributed by atoms with Crippen molar-refractivity contribution in [3.8, 4) is 17.1 Å². The van der Waals surface area contributed by atoms with Crippen molar-refractivity contribution in [1.29, 1.82) is 0 Å². The molecule has 0 spiro atoms. The van der Waals surface area contributed by atoms with Crippen molar-refractivity contribution in [3.05, 3.63) is 48.4 Å². The Bertz CT molecular complexity index is 976. The Balaban J connectivity index is 1.76. The first kappa shape index (κ1) is 14.7. The summed E-state index contributed by atoms with van der Waals surface area (Å²) in [6, 6.07) is 10.4. The van der Waals surface area contributed by atoms with Crippen LogP contribution in [0.5, 0.6) is 0 Å². The van der Waals surface area contributed by atoms with Crippen LogP contribution >= 0.6 is 0 Å². The van der Waals surface area contributed by atoms with E-state index < -0.39 is 0 Å². The largest absolute Gasteiger partial charge is 0.335 e. The molecule has 3 aromatic heterocycles. The third-order valence-electron chi connectivity index (χ3n) is 4.41. The molecule has 24 heavy (non-hydrogen) atoms. The number of aryl methyl sites for hydroxylation is 1. The molecule has 0 aliphatic heterocycles. The highest BCUT2D eigenvalue weighted by Gasteiger charge is 2.17. The molecular formula is C18H20N6. The molecule has 0 aliphatic rings. The highest BCUT2D eigenvalue weighted by molar-refractivity contribution is 5.78. The van der Waals surface area contributed by atoms with Gasteiger partial charge < -0.3 is 4.98 Å². The summed E-state index contributed by atoms with van der Waals surface area (Å²) in [6.45, 7) is 6.33. The van der Waals surface area contributed by atoms with E-state index >= 15 is 0 Å². The highest BCUT2D eigenvalue weighted by Crippen LogP contribution is 2.25. The summed E-state index contributed by atoms with van der Waals surface area (Å²) in [5.41, 5.74) is 4.87. The minimum Gasteiger partial charge on any atom is -0.335 e. The number of benzene rings is 1. The first-order valence-electron chi connectivity index (χ1n) is 8.22. The quantitative estimate of drug-likeness (QED) is 0.620. The van der Waals surface area contributed by atoms with Crippen LogP contribution in [0.15, 0.2) is 42.7 Å². The lowest BCUT2D eigenvalue weighted by molar-refractivity contribution is 0.487. The Hall–Kier alpha value is -2.89. The Kier molecular flexibility index (Phi) is 3.45. The topological polar surface area (TPSA) is 64.3 Å². The van der Waals surface area contributed by atoms with Crippen molar-refractivity contribution >= 4 is 11.2 Å². The first-order chi connectivity index (χ1) is 11.7. The van der Waals surface area contributed by atoms with Crippen molar-refractivity contribution in [3.63, 3.8) is 0 Å². The highest BCUT2D eigenvalue weighted by atomic mass is 15.3. The number of nitrogens with zero attached hydrogens (tertiary/aromatic N) is 5. The van der Waals surface area contributed by atoms with E-state index in [2.05, 4.69) is 29.0 Å². The average molecular weight is 320 g/mol. The molecule has 122 valence electrons. The van der Waals surface area contributed by atoms with Gasteiger partial charge in [0, 0.05) is 6.20 Å². The van der Waals surface area contributed by atoms with E-state index in [1.165, 1.54) is 0 Å². The molecule has 0 unspecified atom stereocenters. The Morgan fingerprint density at radius 3 is 2.75 bits per heavy atom. The number of fused-ring (bicyclic) bond motifs is 1. The summed E-state index contributed by atoms with van der Waals surface area (Å²) < 4.78 is 3.86. The summed E-state index contributed by atoms with van der Waals surface area (Å²) in [5, 5.41) is 9.06. The van der Waals surface area contributed by atoms with Crippen LogP contribution in [0, 0.1) is 6.92 Å². The standard InChI is InChI=1S/C18H20N6/c1-4-12(2)24-18-16(13(3)22-24)20-17(21-18)14-10-19-23(11-14)15-8-6-5-7-9-15/h5-12H,4H2,1-3H3,(H,20,21)/t12-/m0/s1. The average Bonchev–Trinajstić information content (AvgIpc) is 3.31. The smallest absolute Gasteiger partial charge is 0.177 e. The predicted octanol–water partition coefficient (Wildman–Crippen LogP) is 3.89. The molecule has 1 aromatic carbocycles. The fourth-order valence-electron chi connectivity index (χ4n) is 2.83. The molecule has 0 amide bonds. The SMILES string of the molecule is CC[C@H](C)n1nc(C)c2[nH]c(-c3cnn(-c4ccccc4)c3)nc21. The third-order valence-corrected chi connectivity index (χ3v) is 4.41. The maximum Gasteiger partial charge on any atom is 0.177 e. The predicted molar refractivity (Wildman–Crippen MR) is 94.2 cm³/mol. The van der Waals surface area contributed by atoms with Crippen LogP contribution in [0.25, 0.3) is 28.2 Å². The molecule has 0 radical (unpaired) electrons. The summed E-state index contributed by atoms with van der Waals surface area (Å²) in [7, 11) is 0. The molecule has 6 nitrogen and oxygen atoms in total. The fraction of sp³-hybridized carbons (Fsp3) is 0.278. The maximum atomic E-state index is 4.77. The van der Waals surface area contributed by atoms with Crippen molar-refractivity contribution in [2.45, 2.75) is 33.2 Å². The molecule has 3 heterocycles. The van der Waals surface area contributed by atoms with E-state index in [9.17, 15) is 0 Å². The van der Waals surface area contributed by atoms with Crippen LogP contribution in [0.4, 0.5) is 0 Å². The molecule has 0 saturated carbocycles. The van der Waals surface area contributed by atoms with Gasteiger partial charge in [0.15, 0.2) is 5.65 Å². The third kappa shape index (κ3) is 2.31. The van der Waals surface area contributed by atoms with Crippen molar-refractivity contribution in [1.82, 2.24) is 29.5 Å². The van der Waals surface area contributed by atoms with Crippen molar-refractivity contribution in [2.24, 2.45) is 0 Å². The molecule has 1 N–H and O–H groups in total. The van der Waals surface area contributed by atoms with Crippen LogP contribution in [0.3, 0.4) is 0 Å². The van der Waals surface area contributed by atoms with E-state index in [0.29, 0.717) is 6.04 Å². The Labute approximate surface area is 140 Å². The number of aromatic amines is 1. The van der Waals surface area contributed by atoms with Gasteiger partial charge in [-0.25, -0.2) is 14.3 Å². The minimum absolute atomic E-state index is 0.324. The van der Waals surface area contributed by atoms with Gasteiger partial charge in [0.1, 0.15) is 11.3 Å². The van der Waals surface area contributed by atoms with E-state index in [-0.39, 0.29) is 0 Å². The summed E-state index contributed by atoms with van der Waals surface area (Å²) >= 11 is 0. The molecule has 4 rings (SSSR count). The minimum atomic E-state index is 0.324. The number of aromatic nitrogens is 6. The van der Waals surface area contributed by atoms with Gasteiger partial charge >= 0.3 is 0 Å². The number of H-pyrrole nitrogens is 1. The van der Waals surface area contributed by atoms with Gasteiger partial charge in [0.25, 0.3) is 0 Å².